The molecule has 1 aromatic heterocycles. The van der Waals surface area contributed by atoms with Gasteiger partial charge in [0, 0.05) is 31.5 Å². The van der Waals surface area contributed by atoms with E-state index in [1.807, 2.05) is 0 Å². The Morgan fingerprint density at radius 1 is 0.793 bits per heavy atom. The standard InChI is InChI=1S/C25H30N4/c1-3-7-21(8-4-1)24-19-28(22-9-5-2-6-10-22)17-18-29(24)25-23(13-16-27-25)20-11-14-26-15-12-20/h1-10,13,16,20,24,26-27H,11-12,14-15,17-19H2. The average Bonchev–Trinajstić information content (AvgIpc) is 3.30. The van der Waals surface area contributed by atoms with Crippen LogP contribution in [0.1, 0.15) is 35.9 Å². The van der Waals surface area contributed by atoms with Crippen molar-refractivity contribution in [2.75, 3.05) is 42.5 Å². The molecule has 5 rings (SSSR count). The number of rotatable bonds is 4. The van der Waals surface area contributed by atoms with Crippen LogP contribution in [0.25, 0.3) is 0 Å². The van der Waals surface area contributed by atoms with Crippen LogP contribution >= 0.6 is 0 Å². The predicted octanol–water partition coefficient (Wildman–Crippen LogP) is 4.55. The van der Waals surface area contributed by atoms with Gasteiger partial charge >= 0.3 is 0 Å². The van der Waals surface area contributed by atoms with Crippen LogP contribution < -0.4 is 15.1 Å². The first-order valence-corrected chi connectivity index (χ1v) is 10.9. The monoisotopic (exact) mass is 386 g/mol. The fourth-order valence-electron chi connectivity index (χ4n) is 4.97. The van der Waals surface area contributed by atoms with Gasteiger partial charge in [-0.05, 0) is 61.2 Å². The maximum atomic E-state index is 3.61. The molecule has 3 aromatic rings. The largest absolute Gasteiger partial charge is 0.367 e. The first kappa shape index (κ1) is 18.3. The number of piperazine rings is 1. The maximum absolute atomic E-state index is 3.61. The second-order valence-corrected chi connectivity index (χ2v) is 8.21. The summed E-state index contributed by atoms with van der Waals surface area (Å²) >= 11 is 0. The number of para-hydroxylation sites is 1. The third-order valence-corrected chi connectivity index (χ3v) is 6.51. The summed E-state index contributed by atoms with van der Waals surface area (Å²) in [5.74, 6) is 1.99. The Kier molecular flexibility index (Phi) is 5.27. The lowest BCUT2D eigenvalue weighted by molar-refractivity contribution is 0.457. The minimum Gasteiger partial charge on any atom is -0.367 e. The first-order chi connectivity index (χ1) is 14.4. The summed E-state index contributed by atoms with van der Waals surface area (Å²) in [7, 11) is 0. The number of benzene rings is 2. The molecule has 2 N–H and O–H groups in total. The maximum Gasteiger partial charge on any atom is 0.110 e. The Balaban J connectivity index is 1.47. The van der Waals surface area contributed by atoms with Gasteiger partial charge in [0.15, 0.2) is 0 Å². The molecule has 1 unspecified atom stereocenters. The highest BCUT2D eigenvalue weighted by Gasteiger charge is 2.32. The Morgan fingerprint density at radius 2 is 1.52 bits per heavy atom. The van der Waals surface area contributed by atoms with Crippen molar-refractivity contribution in [1.29, 1.82) is 0 Å². The fourth-order valence-corrected chi connectivity index (χ4v) is 4.97. The highest BCUT2D eigenvalue weighted by atomic mass is 15.3. The molecule has 1 atom stereocenters. The van der Waals surface area contributed by atoms with Gasteiger partial charge in [-0.3, -0.25) is 0 Å². The van der Waals surface area contributed by atoms with Crippen molar-refractivity contribution in [3.05, 3.63) is 84.1 Å². The van der Waals surface area contributed by atoms with Crippen molar-refractivity contribution in [2.24, 2.45) is 0 Å². The molecule has 2 aromatic carbocycles. The van der Waals surface area contributed by atoms with E-state index >= 15 is 0 Å². The van der Waals surface area contributed by atoms with Crippen LogP contribution in [0.2, 0.25) is 0 Å². The number of hydrogen-bond donors (Lipinski definition) is 2. The van der Waals surface area contributed by atoms with Crippen LogP contribution in [0.3, 0.4) is 0 Å². The molecule has 2 saturated heterocycles. The molecule has 4 heteroatoms. The van der Waals surface area contributed by atoms with Crippen LogP contribution in [0, 0.1) is 0 Å². The highest BCUT2D eigenvalue weighted by Crippen LogP contribution is 2.38. The van der Waals surface area contributed by atoms with Gasteiger partial charge in [0.25, 0.3) is 0 Å². The lowest BCUT2D eigenvalue weighted by Crippen LogP contribution is -2.49. The normalized spacial score (nSPS) is 20.8. The summed E-state index contributed by atoms with van der Waals surface area (Å²) in [5.41, 5.74) is 4.21. The summed E-state index contributed by atoms with van der Waals surface area (Å²) < 4.78 is 0. The lowest BCUT2D eigenvalue weighted by atomic mass is 9.90. The van der Waals surface area contributed by atoms with E-state index in [9.17, 15) is 0 Å². The Morgan fingerprint density at radius 3 is 2.28 bits per heavy atom. The molecule has 0 bridgehead atoms. The average molecular weight is 387 g/mol. The van der Waals surface area contributed by atoms with E-state index in [1.54, 1.807) is 0 Å². The third-order valence-electron chi connectivity index (χ3n) is 6.51. The summed E-state index contributed by atoms with van der Waals surface area (Å²) in [6.07, 6.45) is 4.59. The van der Waals surface area contributed by atoms with Crippen LogP contribution in [0.4, 0.5) is 11.5 Å². The van der Waals surface area contributed by atoms with E-state index in [2.05, 4.69) is 93.0 Å². The van der Waals surface area contributed by atoms with Crippen LogP contribution in [0.15, 0.2) is 72.9 Å². The van der Waals surface area contributed by atoms with E-state index < -0.39 is 0 Å². The van der Waals surface area contributed by atoms with Gasteiger partial charge in [0.2, 0.25) is 0 Å². The van der Waals surface area contributed by atoms with Crippen molar-refractivity contribution in [3.8, 4) is 0 Å². The second-order valence-electron chi connectivity index (χ2n) is 8.21. The molecular weight excluding hydrogens is 356 g/mol. The predicted molar refractivity (Wildman–Crippen MR) is 121 cm³/mol. The van der Waals surface area contributed by atoms with Crippen molar-refractivity contribution in [1.82, 2.24) is 10.3 Å². The smallest absolute Gasteiger partial charge is 0.110 e. The van der Waals surface area contributed by atoms with Gasteiger partial charge in [0.05, 0.1) is 6.04 Å². The zero-order chi connectivity index (χ0) is 19.5. The van der Waals surface area contributed by atoms with Crippen LogP contribution in [-0.2, 0) is 0 Å². The number of nitrogens with zero attached hydrogens (tertiary/aromatic N) is 2. The number of aromatic amines is 1. The van der Waals surface area contributed by atoms with Gasteiger partial charge in [-0.15, -0.1) is 0 Å². The number of piperidine rings is 1. The quantitative estimate of drug-likeness (QED) is 0.690. The third kappa shape index (κ3) is 3.77. The highest BCUT2D eigenvalue weighted by molar-refractivity contribution is 5.56. The van der Waals surface area contributed by atoms with Crippen molar-refractivity contribution < 1.29 is 0 Å². The molecule has 0 spiro atoms. The second kappa shape index (κ2) is 8.34. The molecule has 29 heavy (non-hydrogen) atoms. The first-order valence-electron chi connectivity index (χ1n) is 10.9. The number of H-pyrrole nitrogens is 1. The molecule has 4 nitrogen and oxygen atoms in total. The number of aromatic nitrogens is 1. The van der Waals surface area contributed by atoms with Crippen LogP contribution in [-0.4, -0.2) is 37.7 Å². The minimum atomic E-state index is 0.337. The zero-order valence-electron chi connectivity index (χ0n) is 16.9. The van der Waals surface area contributed by atoms with E-state index in [4.69, 9.17) is 0 Å². The van der Waals surface area contributed by atoms with E-state index in [1.165, 1.54) is 35.5 Å². The van der Waals surface area contributed by atoms with Gasteiger partial charge < -0.3 is 20.1 Å². The summed E-state index contributed by atoms with van der Waals surface area (Å²) in [4.78, 5) is 8.76. The Labute approximate surface area is 173 Å². The molecule has 2 fully saturated rings. The van der Waals surface area contributed by atoms with Gasteiger partial charge in [-0.2, -0.15) is 0 Å². The van der Waals surface area contributed by atoms with Gasteiger partial charge in [-0.1, -0.05) is 48.5 Å². The number of nitrogens with one attached hydrogen (secondary N) is 2. The van der Waals surface area contributed by atoms with Gasteiger partial charge in [-0.25, -0.2) is 0 Å². The van der Waals surface area contributed by atoms with E-state index in [0.717, 1.165) is 32.7 Å². The molecule has 150 valence electrons. The molecular formula is C25H30N4. The summed E-state index contributed by atoms with van der Waals surface area (Å²) in [5, 5.41) is 3.50. The molecule has 3 heterocycles. The van der Waals surface area contributed by atoms with E-state index in [-0.39, 0.29) is 0 Å². The minimum absolute atomic E-state index is 0.337. The molecule has 2 aliphatic heterocycles. The SMILES string of the molecule is c1ccc(C2CN(c3ccccc3)CCN2c2[nH]ccc2C2CCNCC2)cc1. The van der Waals surface area contributed by atoms with Crippen LogP contribution in [0.5, 0.6) is 0 Å². The van der Waals surface area contributed by atoms with Gasteiger partial charge in [0.1, 0.15) is 5.82 Å². The van der Waals surface area contributed by atoms with Crippen molar-refractivity contribution >= 4 is 11.5 Å². The molecule has 2 aliphatic rings. The van der Waals surface area contributed by atoms with Crippen molar-refractivity contribution in [3.63, 3.8) is 0 Å². The number of anilines is 2. The molecule has 0 aliphatic carbocycles. The zero-order valence-corrected chi connectivity index (χ0v) is 16.9. The molecule has 0 saturated carbocycles. The van der Waals surface area contributed by atoms with E-state index in [0.29, 0.717) is 12.0 Å². The number of hydrogen-bond acceptors (Lipinski definition) is 3. The molecule has 0 radical (unpaired) electrons. The lowest BCUT2D eigenvalue weighted by Gasteiger charge is -2.44. The summed E-state index contributed by atoms with van der Waals surface area (Å²) in [6, 6.07) is 24.5. The topological polar surface area (TPSA) is 34.3 Å². The Hall–Kier alpha value is -2.72. The summed E-state index contributed by atoms with van der Waals surface area (Å²) in [6.45, 7) is 5.31. The van der Waals surface area contributed by atoms with Crippen molar-refractivity contribution in [2.45, 2.75) is 24.8 Å². The Bertz CT molecular complexity index is 899. The fraction of sp³-hybridized carbons (Fsp3) is 0.360. The molecule has 0 amide bonds.